The average Bonchev–Trinajstić information content (AvgIpc) is 2.36. The molecule has 0 atom stereocenters. The van der Waals surface area contributed by atoms with Gasteiger partial charge in [0.15, 0.2) is 0 Å². The van der Waals surface area contributed by atoms with Gasteiger partial charge < -0.3 is 4.98 Å². The number of hydrogen-bond acceptors (Lipinski definition) is 3. The molecule has 1 N–H and O–H groups in total. The Bertz CT molecular complexity index is 719. The molecule has 10 heteroatoms. The molecule has 2 heterocycles. The number of aromatic nitrogens is 3. The van der Waals surface area contributed by atoms with Crippen molar-refractivity contribution in [3.63, 3.8) is 0 Å². The van der Waals surface area contributed by atoms with Gasteiger partial charge in [-0.1, -0.05) is 12.2 Å². The molecule has 2 rings (SSSR count). The fraction of sp³-hybridized carbons (Fsp3) is 0.182. The van der Waals surface area contributed by atoms with Gasteiger partial charge in [0, 0.05) is 18.0 Å². The Kier molecular flexibility index (Phi) is 3.74. The summed E-state index contributed by atoms with van der Waals surface area (Å²) in [6, 6.07) is 1.58. The molecule has 0 aromatic carbocycles. The second kappa shape index (κ2) is 5.10. The van der Waals surface area contributed by atoms with E-state index in [1.807, 2.05) is 4.98 Å². The van der Waals surface area contributed by atoms with Gasteiger partial charge in [-0.3, -0.25) is 4.98 Å². The van der Waals surface area contributed by atoms with Crippen LogP contribution in [-0.4, -0.2) is 15.0 Å². The Morgan fingerprint density at radius 2 is 1.71 bits per heavy atom. The second-order valence-electron chi connectivity index (χ2n) is 3.90. The summed E-state index contributed by atoms with van der Waals surface area (Å²) in [4.78, 5) is 8.37. The maximum absolute atomic E-state index is 12.9. The van der Waals surface area contributed by atoms with E-state index >= 15 is 0 Å². The third-order valence-electron chi connectivity index (χ3n) is 2.43. The standard InChI is InChI=1S/C11H5F6N3S/c12-10(13,14)6-1-2-18-4-5(6)7-3-8(21)20-9(19-7)11(15,16)17/h1-4H,(H,19,20,21). The predicted molar refractivity (Wildman–Crippen MR) is 62.7 cm³/mol. The van der Waals surface area contributed by atoms with Gasteiger partial charge in [0.05, 0.1) is 11.3 Å². The normalized spacial score (nSPS) is 12.5. The van der Waals surface area contributed by atoms with Gasteiger partial charge in [-0.15, -0.1) is 0 Å². The van der Waals surface area contributed by atoms with E-state index in [1.165, 1.54) is 0 Å². The summed E-state index contributed by atoms with van der Waals surface area (Å²) in [5.41, 5.74) is -2.12. The van der Waals surface area contributed by atoms with Crippen molar-refractivity contribution in [3.05, 3.63) is 40.6 Å². The lowest BCUT2D eigenvalue weighted by Gasteiger charge is -2.13. The number of rotatable bonds is 1. The first-order valence-electron chi connectivity index (χ1n) is 5.29. The number of H-pyrrole nitrogens is 1. The minimum absolute atomic E-state index is 0.456. The van der Waals surface area contributed by atoms with Crippen LogP contribution < -0.4 is 0 Å². The van der Waals surface area contributed by atoms with E-state index in [9.17, 15) is 26.3 Å². The van der Waals surface area contributed by atoms with Gasteiger partial charge in [-0.25, -0.2) is 4.98 Å². The van der Waals surface area contributed by atoms with E-state index in [0.29, 0.717) is 6.07 Å². The molecule has 112 valence electrons. The van der Waals surface area contributed by atoms with Crippen molar-refractivity contribution in [1.82, 2.24) is 15.0 Å². The molecule has 0 aliphatic heterocycles. The van der Waals surface area contributed by atoms with Gasteiger partial charge in [-0.2, -0.15) is 26.3 Å². The summed E-state index contributed by atoms with van der Waals surface area (Å²) in [6.45, 7) is 0. The summed E-state index contributed by atoms with van der Waals surface area (Å²) >= 11 is 4.56. The molecule has 0 bridgehead atoms. The highest BCUT2D eigenvalue weighted by molar-refractivity contribution is 7.71. The molecule has 0 fully saturated rings. The summed E-state index contributed by atoms with van der Waals surface area (Å²) < 4.78 is 76.0. The van der Waals surface area contributed by atoms with Crippen LogP contribution in [0.4, 0.5) is 26.3 Å². The molecule has 0 amide bonds. The lowest BCUT2D eigenvalue weighted by atomic mass is 10.1. The Balaban J connectivity index is 2.69. The van der Waals surface area contributed by atoms with Crippen LogP contribution in [0.1, 0.15) is 11.4 Å². The van der Waals surface area contributed by atoms with Gasteiger partial charge >= 0.3 is 12.4 Å². The van der Waals surface area contributed by atoms with Crippen LogP contribution in [0.3, 0.4) is 0 Å². The van der Waals surface area contributed by atoms with E-state index in [-0.39, 0.29) is 0 Å². The first-order chi connectivity index (χ1) is 9.59. The van der Waals surface area contributed by atoms with Crippen LogP contribution in [0.5, 0.6) is 0 Å². The molecule has 0 radical (unpaired) electrons. The Labute approximate surface area is 118 Å². The Morgan fingerprint density at radius 3 is 2.29 bits per heavy atom. The SMILES string of the molecule is FC(F)(F)c1nc(=S)cc(-c2cnccc2C(F)(F)F)[nH]1. The Hall–Kier alpha value is -1.97. The zero-order valence-corrected chi connectivity index (χ0v) is 10.7. The number of hydrogen-bond donors (Lipinski definition) is 1. The third kappa shape index (κ3) is 3.38. The number of alkyl halides is 6. The fourth-order valence-electron chi connectivity index (χ4n) is 1.59. The van der Waals surface area contributed by atoms with Crippen LogP contribution in [-0.2, 0) is 12.4 Å². The van der Waals surface area contributed by atoms with E-state index in [0.717, 1.165) is 18.5 Å². The minimum Gasteiger partial charge on any atom is -0.335 e. The number of aromatic amines is 1. The van der Waals surface area contributed by atoms with Crippen LogP contribution in [0.2, 0.25) is 0 Å². The topological polar surface area (TPSA) is 41.6 Å². The third-order valence-corrected chi connectivity index (χ3v) is 2.64. The van der Waals surface area contributed by atoms with E-state index < -0.39 is 39.6 Å². The number of pyridine rings is 1. The smallest absolute Gasteiger partial charge is 0.335 e. The molecule has 0 aliphatic carbocycles. The van der Waals surface area contributed by atoms with Gasteiger partial charge in [-0.05, 0) is 12.1 Å². The quantitative estimate of drug-likeness (QED) is 0.630. The summed E-state index contributed by atoms with van der Waals surface area (Å²) in [5.74, 6) is -1.47. The van der Waals surface area contributed by atoms with E-state index in [2.05, 4.69) is 22.2 Å². The molecule has 2 aromatic rings. The van der Waals surface area contributed by atoms with Crippen molar-refractivity contribution in [3.8, 4) is 11.3 Å². The largest absolute Gasteiger partial charge is 0.449 e. The molecule has 21 heavy (non-hydrogen) atoms. The maximum atomic E-state index is 12.9. The lowest BCUT2D eigenvalue weighted by Crippen LogP contribution is -2.13. The number of halogens is 6. The Morgan fingerprint density at radius 1 is 1.05 bits per heavy atom. The van der Waals surface area contributed by atoms with Crippen molar-refractivity contribution in [2.45, 2.75) is 12.4 Å². The molecule has 0 saturated carbocycles. The van der Waals surface area contributed by atoms with E-state index in [1.54, 1.807) is 0 Å². The van der Waals surface area contributed by atoms with Crippen LogP contribution in [0, 0.1) is 4.64 Å². The zero-order valence-electron chi connectivity index (χ0n) is 9.88. The summed E-state index contributed by atoms with van der Waals surface area (Å²) in [5, 5.41) is 0. The van der Waals surface area contributed by atoms with Crippen LogP contribution in [0.25, 0.3) is 11.3 Å². The van der Waals surface area contributed by atoms with Crippen LogP contribution in [0.15, 0.2) is 24.5 Å². The maximum Gasteiger partial charge on any atom is 0.449 e. The summed E-state index contributed by atoms with van der Waals surface area (Å²) in [7, 11) is 0. The first kappa shape index (κ1) is 15.4. The highest BCUT2D eigenvalue weighted by Gasteiger charge is 2.36. The first-order valence-corrected chi connectivity index (χ1v) is 5.70. The van der Waals surface area contributed by atoms with Crippen molar-refractivity contribution in [2.24, 2.45) is 0 Å². The average molecular weight is 325 g/mol. The minimum atomic E-state index is -4.86. The van der Waals surface area contributed by atoms with Gasteiger partial charge in [0.1, 0.15) is 4.64 Å². The zero-order chi connectivity index (χ0) is 15.8. The molecule has 0 saturated heterocycles. The molecular weight excluding hydrogens is 320 g/mol. The fourth-order valence-corrected chi connectivity index (χ4v) is 1.80. The molecular formula is C11H5F6N3S. The molecule has 2 aromatic heterocycles. The molecule has 0 unspecified atom stereocenters. The van der Waals surface area contributed by atoms with Gasteiger partial charge in [0.25, 0.3) is 0 Å². The second-order valence-corrected chi connectivity index (χ2v) is 4.32. The van der Waals surface area contributed by atoms with Gasteiger partial charge in [0.2, 0.25) is 5.82 Å². The van der Waals surface area contributed by atoms with Crippen molar-refractivity contribution in [2.75, 3.05) is 0 Å². The molecule has 0 aliphatic rings. The van der Waals surface area contributed by atoms with E-state index in [4.69, 9.17) is 0 Å². The van der Waals surface area contributed by atoms with Crippen LogP contribution >= 0.6 is 12.2 Å². The highest BCUT2D eigenvalue weighted by atomic mass is 32.1. The van der Waals surface area contributed by atoms with Crippen molar-refractivity contribution < 1.29 is 26.3 Å². The monoisotopic (exact) mass is 325 g/mol. The van der Waals surface area contributed by atoms with Crippen molar-refractivity contribution in [1.29, 1.82) is 0 Å². The number of nitrogens with zero attached hydrogens (tertiary/aromatic N) is 2. The molecule has 3 nitrogen and oxygen atoms in total. The highest BCUT2D eigenvalue weighted by Crippen LogP contribution is 2.36. The molecule has 0 spiro atoms. The number of nitrogens with one attached hydrogen (secondary N) is 1. The lowest BCUT2D eigenvalue weighted by molar-refractivity contribution is -0.145. The predicted octanol–water partition coefficient (Wildman–Crippen LogP) is 4.24. The van der Waals surface area contributed by atoms with Crippen molar-refractivity contribution >= 4 is 12.2 Å². The summed E-state index contributed by atoms with van der Waals surface area (Å²) in [6.07, 6.45) is -7.89.